The van der Waals surface area contributed by atoms with E-state index in [0.29, 0.717) is 12.5 Å². The lowest BCUT2D eigenvalue weighted by molar-refractivity contribution is -0.116. The molecule has 22 heavy (non-hydrogen) atoms. The number of rotatable bonds is 8. The number of aromatic nitrogens is 2. The van der Waals surface area contributed by atoms with E-state index in [9.17, 15) is 4.79 Å². The fourth-order valence-electron chi connectivity index (χ4n) is 2.68. The predicted octanol–water partition coefficient (Wildman–Crippen LogP) is 3.28. The van der Waals surface area contributed by atoms with Crippen molar-refractivity contribution in [2.45, 2.75) is 58.4 Å². The Morgan fingerprint density at radius 3 is 2.77 bits per heavy atom. The van der Waals surface area contributed by atoms with E-state index in [-0.39, 0.29) is 5.91 Å². The van der Waals surface area contributed by atoms with Crippen molar-refractivity contribution < 1.29 is 4.79 Å². The number of unbranched alkanes of at least 4 members (excludes halogenated alkanes) is 5. The minimum Gasteiger partial charge on any atom is -0.357 e. The van der Waals surface area contributed by atoms with Gasteiger partial charge < -0.3 is 10.6 Å². The Hall–Kier alpha value is -1.91. The number of anilines is 1. The minimum atomic E-state index is -0.0370. The van der Waals surface area contributed by atoms with Crippen molar-refractivity contribution in [3.05, 3.63) is 23.5 Å². The third-order valence-corrected chi connectivity index (χ3v) is 3.95. The summed E-state index contributed by atoms with van der Waals surface area (Å²) in [4.78, 5) is 20.6. The van der Waals surface area contributed by atoms with Crippen molar-refractivity contribution in [3.63, 3.8) is 0 Å². The molecule has 0 saturated heterocycles. The van der Waals surface area contributed by atoms with Gasteiger partial charge in [0.05, 0.1) is 5.69 Å². The fraction of sp³-hybridized carbons (Fsp3) is 0.588. The summed E-state index contributed by atoms with van der Waals surface area (Å²) in [5, 5.41) is 5.84. The van der Waals surface area contributed by atoms with Gasteiger partial charge in [0.25, 0.3) is 0 Å². The summed E-state index contributed by atoms with van der Waals surface area (Å²) in [6, 6.07) is 0. The van der Waals surface area contributed by atoms with Crippen molar-refractivity contribution in [3.8, 4) is 0 Å². The van der Waals surface area contributed by atoms with Crippen LogP contribution in [0.25, 0.3) is 5.57 Å². The molecular formula is C17H26N4O. The summed E-state index contributed by atoms with van der Waals surface area (Å²) in [5.41, 5.74) is 2.92. The molecule has 0 saturated carbocycles. The maximum Gasteiger partial charge on any atom is 0.244 e. The highest BCUT2D eigenvalue weighted by molar-refractivity contribution is 5.96. The molecule has 2 N–H and O–H groups in total. The number of carbonyl (C=O) groups excluding carboxylic acids is 1. The Morgan fingerprint density at radius 2 is 2.00 bits per heavy atom. The fourth-order valence-corrected chi connectivity index (χ4v) is 2.68. The number of amides is 1. The Labute approximate surface area is 132 Å². The quantitative estimate of drug-likeness (QED) is 0.723. The lowest BCUT2D eigenvalue weighted by atomic mass is 10.0. The lowest BCUT2D eigenvalue weighted by Crippen LogP contribution is -2.19. The van der Waals surface area contributed by atoms with Gasteiger partial charge in [-0.1, -0.05) is 39.0 Å². The SMILES string of the molecule is CCCCCCCCC1=CC(=O)NCc2cnc(NC)nc21. The first-order valence-corrected chi connectivity index (χ1v) is 8.27. The monoisotopic (exact) mass is 302 g/mol. The molecule has 1 aliphatic rings. The van der Waals surface area contributed by atoms with Crippen molar-refractivity contribution in [2.24, 2.45) is 0 Å². The summed E-state index contributed by atoms with van der Waals surface area (Å²) < 4.78 is 0. The smallest absolute Gasteiger partial charge is 0.244 e. The minimum absolute atomic E-state index is 0.0370. The molecule has 0 spiro atoms. The highest BCUT2D eigenvalue weighted by Crippen LogP contribution is 2.25. The molecule has 0 fully saturated rings. The van der Waals surface area contributed by atoms with Crippen LogP contribution in [-0.4, -0.2) is 22.9 Å². The second kappa shape index (κ2) is 8.51. The van der Waals surface area contributed by atoms with Crippen LogP contribution < -0.4 is 10.6 Å². The van der Waals surface area contributed by atoms with E-state index in [2.05, 4.69) is 27.5 Å². The molecule has 0 aliphatic carbocycles. The average Bonchev–Trinajstić information content (AvgIpc) is 2.69. The van der Waals surface area contributed by atoms with E-state index in [4.69, 9.17) is 0 Å². The molecule has 0 radical (unpaired) electrons. The average molecular weight is 302 g/mol. The molecule has 1 aromatic rings. The van der Waals surface area contributed by atoms with Crippen LogP contribution in [0.5, 0.6) is 0 Å². The molecule has 2 heterocycles. The van der Waals surface area contributed by atoms with Crippen LogP contribution in [0.3, 0.4) is 0 Å². The zero-order chi connectivity index (χ0) is 15.8. The standard InChI is InChI=1S/C17H26N4O/c1-3-4-5-6-7-8-9-13-10-15(22)19-11-14-12-20-17(18-2)21-16(13)14/h10,12H,3-9,11H2,1-2H3,(H,19,22)(H,18,20,21). The Kier molecular flexibility index (Phi) is 6.37. The topological polar surface area (TPSA) is 66.9 Å². The van der Waals surface area contributed by atoms with Crippen LogP contribution in [0, 0.1) is 0 Å². The van der Waals surface area contributed by atoms with Gasteiger partial charge in [-0.15, -0.1) is 0 Å². The molecule has 2 rings (SSSR count). The van der Waals surface area contributed by atoms with Gasteiger partial charge >= 0.3 is 0 Å². The molecule has 1 aliphatic heterocycles. The van der Waals surface area contributed by atoms with Gasteiger partial charge in [0, 0.05) is 31.4 Å². The van der Waals surface area contributed by atoms with E-state index in [1.165, 1.54) is 32.1 Å². The van der Waals surface area contributed by atoms with Crippen LogP contribution in [0.2, 0.25) is 0 Å². The number of allylic oxidation sites excluding steroid dienone is 1. The number of hydrogen-bond acceptors (Lipinski definition) is 4. The first-order chi connectivity index (χ1) is 10.7. The number of hydrogen-bond donors (Lipinski definition) is 2. The number of carbonyl (C=O) groups is 1. The van der Waals surface area contributed by atoms with Gasteiger partial charge in [0.2, 0.25) is 11.9 Å². The molecule has 1 amide bonds. The van der Waals surface area contributed by atoms with Crippen LogP contribution in [0.1, 0.15) is 63.1 Å². The van der Waals surface area contributed by atoms with Gasteiger partial charge in [0.15, 0.2) is 0 Å². The maximum absolute atomic E-state index is 11.8. The second-order valence-electron chi connectivity index (χ2n) is 5.72. The zero-order valence-corrected chi connectivity index (χ0v) is 13.6. The van der Waals surface area contributed by atoms with Crippen molar-refractivity contribution in [1.82, 2.24) is 15.3 Å². The number of nitrogens with one attached hydrogen (secondary N) is 2. The van der Waals surface area contributed by atoms with Crippen molar-refractivity contribution in [1.29, 1.82) is 0 Å². The molecule has 0 aromatic carbocycles. The summed E-state index contributed by atoms with van der Waals surface area (Å²) in [5.74, 6) is 0.562. The molecule has 0 unspecified atom stereocenters. The molecule has 1 aromatic heterocycles. The number of fused-ring (bicyclic) bond motifs is 1. The maximum atomic E-state index is 11.8. The van der Waals surface area contributed by atoms with E-state index in [1.54, 1.807) is 19.3 Å². The highest BCUT2D eigenvalue weighted by atomic mass is 16.1. The summed E-state index contributed by atoms with van der Waals surface area (Å²) in [7, 11) is 1.80. The van der Waals surface area contributed by atoms with Crippen LogP contribution >= 0.6 is 0 Å². The first-order valence-electron chi connectivity index (χ1n) is 8.27. The number of nitrogens with zero attached hydrogens (tertiary/aromatic N) is 2. The third-order valence-electron chi connectivity index (χ3n) is 3.95. The van der Waals surface area contributed by atoms with Gasteiger partial charge in [-0.05, 0) is 18.4 Å². The molecule has 5 nitrogen and oxygen atoms in total. The van der Waals surface area contributed by atoms with Crippen molar-refractivity contribution >= 4 is 17.4 Å². The lowest BCUT2D eigenvalue weighted by Gasteiger charge is -2.10. The van der Waals surface area contributed by atoms with E-state index in [1.807, 2.05) is 0 Å². The molecule has 5 heteroatoms. The summed E-state index contributed by atoms with van der Waals surface area (Å²) in [6.07, 6.45) is 11.9. The summed E-state index contributed by atoms with van der Waals surface area (Å²) >= 11 is 0. The van der Waals surface area contributed by atoms with Gasteiger partial charge in [0.1, 0.15) is 0 Å². The normalized spacial score (nSPS) is 13.9. The van der Waals surface area contributed by atoms with Gasteiger partial charge in [-0.25, -0.2) is 9.97 Å². The highest BCUT2D eigenvalue weighted by Gasteiger charge is 2.17. The van der Waals surface area contributed by atoms with E-state index >= 15 is 0 Å². The predicted molar refractivity (Wildman–Crippen MR) is 89.4 cm³/mol. The molecule has 0 bridgehead atoms. The Balaban J connectivity index is 2.03. The van der Waals surface area contributed by atoms with Crippen LogP contribution in [-0.2, 0) is 11.3 Å². The van der Waals surface area contributed by atoms with E-state index < -0.39 is 0 Å². The van der Waals surface area contributed by atoms with Crippen molar-refractivity contribution in [2.75, 3.05) is 12.4 Å². The molecule has 120 valence electrons. The first kappa shape index (κ1) is 16.5. The van der Waals surface area contributed by atoms with Crippen LogP contribution in [0.4, 0.5) is 5.95 Å². The molecule has 0 atom stereocenters. The second-order valence-corrected chi connectivity index (χ2v) is 5.72. The molecular weight excluding hydrogens is 276 g/mol. The van der Waals surface area contributed by atoms with Gasteiger partial charge in [-0.2, -0.15) is 0 Å². The summed E-state index contributed by atoms with van der Waals surface area (Å²) in [6.45, 7) is 2.72. The Bertz CT molecular complexity index is 539. The zero-order valence-electron chi connectivity index (χ0n) is 13.6. The van der Waals surface area contributed by atoms with Gasteiger partial charge in [-0.3, -0.25) is 4.79 Å². The van der Waals surface area contributed by atoms with E-state index in [0.717, 1.165) is 29.7 Å². The van der Waals surface area contributed by atoms with Crippen LogP contribution in [0.15, 0.2) is 12.3 Å². The largest absolute Gasteiger partial charge is 0.357 e. The Morgan fingerprint density at radius 1 is 1.23 bits per heavy atom. The third kappa shape index (κ3) is 4.55.